The molecule has 0 aromatic carbocycles. The molecule has 1 aliphatic rings. The van der Waals surface area contributed by atoms with E-state index in [9.17, 15) is 4.79 Å². The van der Waals surface area contributed by atoms with E-state index in [4.69, 9.17) is 5.73 Å². The molecule has 4 heteroatoms. The predicted octanol–water partition coefficient (Wildman–Crippen LogP) is 0.983. The van der Waals surface area contributed by atoms with E-state index in [2.05, 4.69) is 5.32 Å². The molecule has 1 amide bonds. The fraction of sp³-hybridized carbons (Fsp3) is 0.900. The van der Waals surface area contributed by atoms with Crippen molar-refractivity contribution in [2.45, 2.75) is 31.7 Å². The van der Waals surface area contributed by atoms with Crippen molar-refractivity contribution in [2.75, 3.05) is 18.6 Å². The molecule has 3 nitrogen and oxygen atoms in total. The lowest BCUT2D eigenvalue weighted by atomic mass is 10.1. The van der Waals surface area contributed by atoms with Crippen LogP contribution in [0, 0.1) is 5.92 Å². The van der Waals surface area contributed by atoms with Gasteiger partial charge < -0.3 is 11.1 Å². The minimum atomic E-state index is -0.244. The highest BCUT2D eigenvalue weighted by Gasteiger charge is 2.17. The summed E-state index contributed by atoms with van der Waals surface area (Å²) in [5, 5.41) is 2.93. The Morgan fingerprint density at radius 3 is 2.71 bits per heavy atom. The van der Waals surface area contributed by atoms with Crippen LogP contribution in [0.15, 0.2) is 0 Å². The summed E-state index contributed by atoms with van der Waals surface area (Å²) in [6.07, 6.45) is 5.51. The van der Waals surface area contributed by atoms with Crippen LogP contribution in [-0.2, 0) is 4.79 Å². The molecule has 0 radical (unpaired) electrons. The Kier molecular flexibility index (Phi) is 5.33. The summed E-state index contributed by atoms with van der Waals surface area (Å²) in [5.74, 6) is 2.63. The van der Waals surface area contributed by atoms with E-state index in [0.717, 1.165) is 11.7 Å². The second-order valence-electron chi connectivity index (χ2n) is 3.93. The van der Waals surface area contributed by atoms with Gasteiger partial charge in [0.2, 0.25) is 5.91 Å². The monoisotopic (exact) mass is 216 g/mol. The minimum Gasteiger partial charge on any atom is -0.368 e. The number of nitrogens with two attached hydrogens (primary N) is 1. The van der Waals surface area contributed by atoms with Gasteiger partial charge in [-0.05, 0) is 31.6 Å². The van der Waals surface area contributed by atoms with E-state index >= 15 is 0 Å². The Morgan fingerprint density at radius 2 is 2.21 bits per heavy atom. The zero-order chi connectivity index (χ0) is 10.4. The molecule has 3 N–H and O–H groups in total. The number of amides is 1. The van der Waals surface area contributed by atoms with Crippen LogP contribution in [0.3, 0.4) is 0 Å². The summed E-state index contributed by atoms with van der Waals surface area (Å²) in [6.45, 7) is 0. The molecule has 0 heterocycles. The molecule has 1 atom stereocenters. The molecule has 0 saturated heterocycles. The number of carbonyl (C=O) groups excluding carboxylic acids is 1. The number of carbonyl (C=O) groups is 1. The van der Waals surface area contributed by atoms with Gasteiger partial charge in [-0.25, -0.2) is 0 Å². The minimum absolute atomic E-state index is 0.165. The standard InChI is InChI=1S/C10H20N2OS/c1-12-9(10(11)13)7-14-6-8-4-2-3-5-8/h8-9,12H,2-7H2,1H3,(H2,11,13). The van der Waals surface area contributed by atoms with E-state index in [1.54, 1.807) is 7.05 Å². The molecule has 1 aliphatic carbocycles. The number of hydrogen-bond acceptors (Lipinski definition) is 3. The number of rotatable bonds is 6. The number of likely N-dealkylation sites (N-methyl/N-ethyl adjacent to an activating group) is 1. The Bertz CT molecular complexity index is 181. The molecule has 0 spiro atoms. The highest BCUT2D eigenvalue weighted by molar-refractivity contribution is 7.99. The lowest BCUT2D eigenvalue weighted by Crippen LogP contribution is -2.41. The van der Waals surface area contributed by atoms with Crippen molar-refractivity contribution < 1.29 is 4.79 Å². The van der Waals surface area contributed by atoms with Crippen LogP contribution in [0.2, 0.25) is 0 Å². The Labute approximate surface area is 90.2 Å². The van der Waals surface area contributed by atoms with Gasteiger partial charge in [-0.3, -0.25) is 4.79 Å². The number of thioether (sulfide) groups is 1. The average molecular weight is 216 g/mol. The molecule has 0 bridgehead atoms. The van der Waals surface area contributed by atoms with E-state index < -0.39 is 0 Å². The van der Waals surface area contributed by atoms with E-state index in [-0.39, 0.29) is 11.9 Å². The molecule has 0 aromatic heterocycles. The van der Waals surface area contributed by atoms with Gasteiger partial charge >= 0.3 is 0 Å². The third kappa shape index (κ3) is 3.88. The van der Waals surface area contributed by atoms with E-state index in [1.807, 2.05) is 11.8 Å². The number of nitrogens with one attached hydrogen (secondary N) is 1. The summed E-state index contributed by atoms with van der Waals surface area (Å²) in [5.41, 5.74) is 5.23. The molecule has 14 heavy (non-hydrogen) atoms. The largest absolute Gasteiger partial charge is 0.368 e. The van der Waals surface area contributed by atoms with Crippen LogP contribution in [0.4, 0.5) is 0 Å². The van der Waals surface area contributed by atoms with Gasteiger partial charge in [-0.1, -0.05) is 12.8 Å². The SMILES string of the molecule is CNC(CSCC1CCCC1)C(N)=O. The van der Waals surface area contributed by atoms with Crippen molar-refractivity contribution in [3.05, 3.63) is 0 Å². The van der Waals surface area contributed by atoms with Gasteiger partial charge in [0, 0.05) is 5.75 Å². The summed E-state index contributed by atoms with van der Waals surface area (Å²) in [7, 11) is 1.78. The Balaban J connectivity index is 2.09. The molecular weight excluding hydrogens is 196 g/mol. The smallest absolute Gasteiger partial charge is 0.235 e. The maximum absolute atomic E-state index is 10.9. The van der Waals surface area contributed by atoms with Crippen molar-refractivity contribution in [2.24, 2.45) is 11.7 Å². The third-order valence-corrected chi connectivity index (χ3v) is 4.08. The first-order valence-corrected chi connectivity index (χ1v) is 6.44. The maximum atomic E-state index is 10.9. The van der Waals surface area contributed by atoms with Crippen molar-refractivity contribution in [3.8, 4) is 0 Å². The molecule has 0 aromatic rings. The predicted molar refractivity (Wildman–Crippen MR) is 61.3 cm³/mol. The zero-order valence-corrected chi connectivity index (χ0v) is 9.61. The molecular formula is C10H20N2OS. The molecule has 0 aliphatic heterocycles. The second kappa shape index (κ2) is 6.30. The van der Waals surface area contributed by atoms with Crippen LogP contribution >= 0.6 is 11.8 Å². The molecule has 1 rings (SSSR count). The van der Waals surface area contributed by atoms with E-state index in [0.29, 0.717) is 0 Å². The van der Waals surface area contributed by atoms with Crippen LogP contribution in [-0.4, -0.2) is 30.5 Å². The van der Waals surface area contributed by atoms with Crippen molar-refractivity contribution in [1.82, 2.24) is 5.32 Å². The van der Waals surface area contributed by atoms with Gasteiger partial charge in [0.05, 0.1) is 6.04 Å². The van der Waals surface area contributed by atoms with Crippen LogP contribution in [0.25, 0.3) is 0 Å². The van der Waals surface area contributed by atoms with Gasteiger partial charge in [-0.2, -0.15) is 11.8 Å². The molecule has 1 fully saturated rings. The third-order valence-electron chi connectivity index (χ3n) is 2.80. The topological polar surface area (TPSA) is 55.1 Å². The first-order valence-electron chi connectivity index (χ1n) is 5.28. The van der Waals surface area contributed by atoms with Crippen molar-refractivity contribution in [3.63, 3.8) is 0 Å². The second-order valence-corrected chi connectivity index (χ2v) is 5.01. The van der Waals surface area contributed by atoms with Crippen LogP contribution in [0.1, 0.15) is 25.7 Å². The summed E-state index contributed by atoms with van der Waals surface area (Å²) < 4.78 is 0. The van der Waals surface area contributed by atoms with Gasteiger partial charge in [0.15, 0.2) is 0 Å². The first kappa shape index (κ1) is 11.9. The lowest BCUT2D eigenvalue weighted by molar-refractivity contribution is -0.119. The molecule has 82 valence electrons. The summed E-state index contributed by atoms with van der Waals surface area (Å²) >= 11 is 1.85. The fourth-order valence-corrected chi connectivity index (χ4v) is 3.21. The first-order chi connectivity index (χ1) is 6.74. The summed E-state index contributed by atoms with van der Waals surface area (Å²) in [4.78, 5) is 10.9. The van der Waals surface area contributed by atoms with Crippen LogP contribution in [0.5, 0.6) is 0 Å². The quantitative estimate of drug-likeness (QED) is 0.696. The highest BCUT2D eigenvalue weighted by atomic mass is 32.2. The molecule has 1 saturated carbocycles. The Morgan fingerprint density at radius 1 is 1.57 bits per heavy atom. The lowest BCUT2D eigenvalue weighted by Gasteiger charge is -2.13. The normalized spacial score (nSPS) is 19.8. The zero-order valence-electron chi connectivity index (χ0n) is 8.79. The van der Waals surface area contributed by atoms with Crippen molar-refractivity contribution in [1.29, 1.82) is 0 Å². The van der Waals surface area contributed by atoms with Gasteiger partial charge in [0.1, 0.15) is 0 Å². The van der Waals surface area contributed by atoms with Gasteiger partial charge in [-0.15, -0.1) is 0 Å². The Hall–Kier alpha value is -0.220. The van der Waals surface area contributed by atoms with E-state index in [1.165, 1.54) is 31.4 Å². The van der Waals surface area contributed by atoms with Crippen LogP contribution < -0.4 is 11.1 Å². The average Bonchev–Trinajstić information content (AvgIpc) is 2.64. The number of primary amides is 1. The fourth-order valence-electron chi connectivity index (χ4n) is 1.84. The van der Waals surface area contributed by atoms with Crippen molar-refractivity contribution >= 4 is 17.7 Å². The number of hydrogen-bond donors (Lipinski definition) is 2. The molecule has 1 unspecified atom stereocenters. The highest BCUT2D eigenvalue weighted by Crippen LogP contribution is 2.27. The maximum Gasteiger partial charge on any atom is 0.235 e. The summed E-state index contributed by atoms with van der Waals surface area (Å²) in [6, 6.07) is -0.165. The van der Waals surface area contributed by atoms with Gasteiger partial charge in [0.25, 0.3) is 0 Å².